The van der Waals surface area contributed by atoms with Gasteiger partial charge in [-0.05, 0) is 31.1 Å². The highest BCUT2D eigenvalue weighted by Crippen LogP contribution is 2.57. The summed E-state index contributed by atoms with van der Waals surface area (Å²) in [4.78, 5) is 0. The maximum atomic E-state index is 2.84. The van der Waals surface area contributed by atoms with Crippen molar-refractivity contribution in [3.05, 3.63) is 0 Å². The first-order chi connectivity index (χ1) is 6.72. The van der Waals surface area contributed by atoms with Crippen LogP contribution in [0.25, 0.3) is 0 Å². The molecule has 0 aliphatic heterocycles. The normalized spacial score (nSPS) is 30.4. The Morgan fingerprint density at radius 3 is 1.79 bits per heavy atom. The van der Waals surface area contributed by atoms with E-state index in [0.717, 1.165) is 0 Å². The zero-order valence-corrected chi connectivity index (χ0v) is 13.1. The van der Waals surface area contributed by atoms with Crippen molar-refractivity contribution < 1.29 is 0 Å². The monoisotopic (exact) mass is 418 g/mol. The third-order valence-electron chi connectivity index (χ3n) is 4.41. The summed E-state index contributed by atoms with van der Waals surface area (Å²) < 4.78 is 2.06. The summed E-state index contributed by atoms with van der Waals surface area (Å²) in [6.45, 7) is 0. The van der Waals surface area contributed by atoms with Gasteiger partial charge in [0.2, 0.25) is 0 Å². The van der Waals surface area contributed by atoms with Crippen molar-refractivity contribution >= 4 is 45.2 Å². The second kappa shape index (κ2) is 4.76. The van der Waals surface area contributed by atoms with Crippen LogP contribution in [0, 0.1) is 5.41 Å². The van der Waals surface area contributed by atoms with Crippen LogP contribution in [-0.2, 0) is 0 Å². The van der Waals surface area contributed by atoms with Crippen LogP contribution in [0.15, 0.2) is 0 Å². The molecule has 0 unspecified atom stereocenters. The van der Waals surface area contributed by atoms with Crippen molar-refractivity contribution in [3.63, 3.8) is 0 Å². The van der Waals surface area contributed by atoms with E-state index in [1.165, 1.54) is 62.2 Å². The lowest BCUT2D eigenvalue weighted by atomic mass is 9.69. The maximum Gasteiger partial charge on any atom is 0.0285 e. The average Bonchev–Trinajstić information content (AvgIpc) is 2.68. The zero-order valence-electron chi connectivity index (χ0n) is 8.83. The fraction of sp³-hybridized carbons (Fsp3) is 1.00. The molecular weight excluding hydrogens is 398 g/mol. The minimum absolute atomic E-state index is 0.667. The van der Waals surface area contributed by atoms with Gasteiger partial charge in [-0.25, -0.2) is 0 Å². The van der Waals surface area contributed by atoms with E-state index >= 15 is 0 Å². The molecule has 2 heteroatoms. The maximum absolute atomic E-state index is 2.84. The number of alkyl halides is 2. The first-order valence-corrected chi connectivity index (χ1v) is 8.58. The SMILES string of the molecule is ICC1(C2(I)CCCCC2)CCCC1. The quantitative estimate of drug-likeness (QED) is 0.432. The summed E-state index contributed by atoms with van der Waals surface area (Å²) in [5, 5.41) is 0. The summed E-state index contributed by atoms with van der Waals surface area (Å²) in [5.41, 5.74) is 0.717. The van der Waals surface area contributed by atoms with Gasteiger partial charge in [0.25, 0.3) is 0 Å². The minimum atomic E-state index is 0.667. The molecule has 0 amide bonds. The van der Waals surface area contributed by atoms with E-state index in [-0.39, 0.29) is 0 Å². The molecule has 0 aromatic carbocycles. The van der Waals surface area contributed by atoms with Gasteiger partial charge in [0.1, 0.15) is 0 Å². The molecule has 82 valence electrons. The molecule has 2 aliphatic carbocycles. The second-order valence-corrected chi connectivity index (χ2v) is 7.97. The number of rotatable bonds is 2. The fourth-order valence-electron chi connectivity index (χ4n) is 3.40. The molecule has 0 bridgehead atoms. The van der Waals surface area contributed by atoms with E-state index in [9.17, 15) is 0 Å². The van der Waals surface area contributed by atoms with Crippen molar-refractivity contribution in [1.82, 2.24) is 0 Å². The summed E-state index contributed by atoms with van der Waals surface area (Å²) in [7, 11) is 0. The molecule has 0 atom stereocenters. The van der Waals surface area contributed by atoms with E-state index < -0.39 is 0 Å². The highest BCUT2D eigenvalue weighted by molar-refractivity contribution is 14.1. The van der Waals surface area contributed by atoms with Crippen molar-refractivity contribution in [3.8, 4) is 0 Å². The molecule has 0 aromatic heterocycles. The van der Waals surface area contributed by atoms with Gasteiger partial charge in [0.15, 0.2) is 0 Å². The number of hydrogen-bond donors (Lipinski definition) is 0. The largest absolute Gasteiger partial charge is 0.0857 e. The Labute approximate surface area is 115 Å². The molecule has 2 fully saturated rings. The summed E-state index contributed by atoms with van der Waals surface area (Å²) in [5.74, 6) is 0. The van der Waals surface area contributed by atoms with E-state index in [1.807, 2.05) is 0 Å². The number of hydrogen-bond acceptors (Lipinski definition) is 0. The van der Waals surface area contributed by atoms with Gasteiger partial charge in [-0.3, -0.25) is 0 Å². The van der Waals surface area contributed by atoms with Gasteiger partial charge >= 0.3 is 0 Å². The Morgan fingerprint density at radius 2 is 1.29 bits per heavy atom. The van der Waals surface area contributed by atoms with Crippen LogP contribution in [0.1, 0.15) is 57.8 Å². The van der Waals surface area contributed by atoms with Crippen LogP contribution in [-0.4, -0.2) is 7.85 Å². The first kappa shape index (κ1) is 11.9. The van der Waals surface area contributed by atoms with Crippen molar-refractivity contribution in [2.75, 3.05) is 4.43 Å². The average molecular weight is 418 g/mol. The van der Waals surface area contributed by atoms with Crippen LogP contribution in [0.5, 0.6) is 0 Å². The molecule has 14 heavy (non-hydrogen) atoms. The molecule has 0 spiro atoms. The third-order valence-corrected chi connectivity index (χ3v) is 8.10. The summed E-state index contributed by atoms with van der Waals surface area (Å²) in [6, 6.07) is 0. The zero-order chi connectivity index (χ0) is 10.1. The smallest absolute Gasteiger partial charge is 0.0285 e. The predicted molar refractivity (Wildman–Crippen MR) is 79.6 cm³/mol. The Kier molecular flexibility index (Phi) is 4.06. The lowest BCUT2D eigenvalue weighted by Gasteiger charge is -2.47. The van der Waals surface area contributed by atoms with E-state index in [4.69, 9.17) is 0 Å². The topological polar surface area (TPSA) is 0 Å². The molecule has 2 aliphatic rings. The predicted octanol–water partition coefficient (Wildman–Crippen LogP) is 5.12. The van der Waals surface area contributed by atoms with Crippen LogP contribution in [0.4, 0.5) is 0 Å². The summed E-state index contributed by atoms with van der Waals surface area (Å²) >= 11 is 5.49. The van der Waals surface area contributed by atoms with Gasteiger partial charge in [-0.15, -0.1) is 0 Å². The fourth-order valence-corrected chi connectivity index (χ4v) is 7.11. The van der Waals surface area contributed by atoms with Gasteiger partial charge in [0.05, 0.1) is 0 Å². The van der Waals surface area contributed by atoms with Gasteiger partial charge in [-0.2, -0.15) is 0 Å². The van der Waals surface area contributed by atoms with E-state index in [1.54, 1.807) is 0 Å². The lowest BCUT2D eigenvalue weighted by Crippen LogP contribution is -2.44. The summed E-state index contributed by atoms with van der Waals surface area (Å²) in [6.07, 6.45) is 13.5. The van der Waals surface area contributed by atoms with Crippen molar-refractivity contribution in [2.45, 2.75) is 61.2 Å². The molecule has 0 saturated heterocycles. The minimum Gasteiger partial charge on any atom is -0.0857 e. The van der Waals surface area contributed by atoms with Gasteiger partial charge in [0, 0.05) is 7.85 Å². The highest BCUT2D eigenvalue weighted by Gasteiger charge is 2.50. The lowest BCUT2D eigenvalue weighted by molar-refractivity contribution is 0.203. The van der Waals surface area contributed by atoms with Gasteiger partial charge < -0.3 is 0 Å². The Morgan fingerprint density at radius 1 is 0.786 bits per heavy atom. The Hall–Kier alpha value is 1.46. The van der Waals surface area contributed by atoms with Crippen LogP contribution in [0.2, 0.25) is 0 Å². The third kappa shape index (κ3) is 1.98. The van der Waals surface area contributed by atoms with Gasteiger partial charge in [-0.1, -0.05) is 77.3 Å². The van der Waals surface area contributed by atoms with Crippen LogP contribution in [0.3, 0.4) is 0 Å². The Balaban J connectivity index is 2.15. The molecule has 0 N–H and O–H groups in total. The van der Waals surface area contributed by atoms with Crippen molar-refractivity contribution in [1.29, 1.82) is 0 Å². The standard InChI is InChI=1S/C12H20I2/c13-10-11(6-4-5-7-11)12(14)8-2-1-3-9-12/h1-10H2. The van der Waals surface area contributed by atoms with E-state index in [0.29, 0.717) is 8.84 Å². The molecule has 0 aromatic rings. The highest BCUT2D eigenvalue weighted by atomic mass is 127. The molecule has 2 saturated carbocycles. The first-order valence-electron chi connectivity index (χ1n) is 5.97. The molecule has 0 radical (unpaired) electrons. The second-order valence-electron chi connectivity index (χ2n) is 5.15. The number of halogens is 2. The van der Waals surface area contributed by atoms with Crippen molar-refractivity contribution in [2.24, 2.45) is 5.41 Å². The molecular formula is C12H20I2. The van der Waals surface area contributed by atoms with Crippen LogP contribution < -0.4 is 0 Å². The molecule has 2 rings (SSSR count). The Bertz CT molecular complexity index is 188. The molecule has 0 nitrogen and oxygen atoms in total. The van der Waals surface area contributed by atoms with Crippen LogP contribution >= 0.6 is 45.2 Å². The molecule has 0 heterocycles. The van der Waals surface area contributed by atoms with E-state index in [2.05, 4.69) is 45.2 Å².